The summed E-state index contributed by atoms with van der Waals surface area (Å²) < 4.78 is 0. The predicted octanol–water partition coefficient (Wildman–Crippen LogP) is -3.45. The van der Waals surface area contributed by atoms with Crippen molar-refractivity contribution in [2.45, 2.75) is 110 Å². The van der Waals surface area contributed by atoms with Crippen LogP contribution in [0.4, 0.5) is 0 Å². The SMILES string of the molecule is CCCCCCCCCCCCCCCCC(CC(=O)[O-])C(=O)[O-].O.[Na+].[Na+]. The van der Waals surface area contributed by atoms with E-state index in [2.05, 4.69) is 6.92 Å². The van der Waals surface area contributed by atoms with Crippen LogP contribution in [0.15, 0.2) is 0 Å². The van der Waals surface area contributed by atoms with Crippen LogP contribution in [0.2, 0.25) is 0 Å². The van der Waals surface area contributed by atoms with E-state index >= 15 is 0 Å². The molecule has 0 aromatic heterocycles. The standard InChI is InChI=1S/C20H38O4.2Na.H2O/c1-2-3-4-5-6-7-8-9-10-11-12-13-14-15-16-18(20(23)24)17-19(21)22;;;/h18H,2-17H2,1H3,(H,21,22)(H,23,24);;;1H2/q;2*+1;/p-2. The first kappa shape index (κ1) is 35.3. The number of rotatable bonds is 18. The first-order valence-electron chi connectivity index (χ1n) is 9.98. The summed E-state index contributed by atoms with van der Waals surface area (Å²) in [6.45, 7) is 2.25. The zero-order valence-corrected chi connectivity index (χ0v) is 22.0. The van der Waals surface area contributed by atoms with E-state index in [1.807, 2.05) is 0 Å². The monoisotopic (exact) mass is 404 g/mol. The molecule has 0 heterocycles. The molecule has 5 nitrogen and oxygen atoms in total. The Morgan fingerprint density at radius 2 is 1.00 bits per heavy atom. The van der Waals surface area contributed by atoms with Crippen LogP contribution in [-0.4, -0.2) is 17.4 Å². The third-order valence-corrected chi connectivity index (χ3v) is 4.65. The second kappa shape index (κ2) is 26.9. The van der Waals surface area contributed by atoms with Crippen molar-refractivity contribution in [2.24, 2.45) is 5.92 Å². The number of carbonyl (C=O) groups excluding carboxylic acids is 2. The minimum atomic E-state index is -1.31. The van der Waals surface area contributed by atoms with Gasteiger partial charge in [0.05, 0.1) is 0 Å². The van der Waals surface area contributed by atoms with Gasteiger partial charge in [-0.25, -0.2) is 0 Å². The maximum absolute atomic E-state index is 10.8. The van der Waals surface area contributed by atoms with E-state index in [0.717, 1.165) is 19.3 Å². The fourth-order valence-corrected chi connectivity index (χ4v) is 3.09. The molecule has 7 heteroatoms. The van der Waals surface area contributed by atoms with E-state index in [1.54, 1.807) is 0 Å². The Labute approximate surface area is 210 Å². The zero-order chi connectivity index (χ0) is 18.0. The Hall–Kier alpha value is 0.900. The van der Waals surface area contributed by atoms with Gasteiger partial charge >= 0.3 is 59.1 Å². The number of aliphatic carboxylic acids is 2. The minimum Gasteiger partial charge on any atom is -0.550 e. The topological polar surface area (TPSA) is 112 Å². The van der Waals surface area contributed by atoms with E-state index in [0.29, 0.717) is 6.42 Å². The van der Waals surface area contributed by atoms with Gasteiger partial charge in [-0.1, -0.05) is 96.8 Å². The first-order chi connectivity index (χ1) is 11.6. The van der Waals surface area contributed by atoms with Crippen molar-refractivity contribution in [1.29, 1.82) is 0 Å². The average Bonchev–Trinajstić information content (AvgIpc) is 2.53. The summed E-state index contributed by atoms with van der Waals surface area (Å²) in [5.74, 6) is -3.48. The van der Waals surface area contributed by atoms with Crippen molar-refractivity contribution in [3.05, 3.63) is 0 Å². The third kappa shape index (κ3) is 26.9. The molecular weight excluding hydrogens is 366 g/mol. The Bertz CT molecular complexity index is 327. The van der Waals surface area contributed by atoms with Gasteiger partial charge in [0.15, 0.2) is 0 Å². The predicted molar refractivity (Wildman–Crippen MR) is 96.7 cm³/mol. The Morgan fingerprint density at radius 3 is 1.30 bits per heavy atom. The van der Waals surface area contributed by atoms with E-state index in [1.165, 1.54) is 70.6 Å². The van der Waals surface area contributed by atoms with Crippen molar-refractivity contribution in [3.63, 3.8) is 0 Å². The molecule has 0 spiro atoms. The normalized spacial score (nSPS) is 10.9. The smallest absolute Gasteiger partial charge is 0.550 e. The maximum atomic E-state index is 10.8. The molecule has 0 bridgehead atoms. The number of hydrogen-bond acceptors (Lipinski definition) is 4. The molecule has 1 atom stereocenters. The summed E-state index contributed by atoms with van der Waals surface area (Å²) in [7, 11) is 0. The van der Waals surface area contributed by atoms with Crippen LogP contribution in [0, 0.1) is 5.92 Å². The van der Waals surface area contributed by atoms with E-state index < -0.39 is 24.3 Å². The fourth-order valence-electron chi connectivity index (χ4n) is 3.09. The van der Waals surface area contributed by atoms with Crippen molar-refractivity contribution in [2.75, 3.05) is 0 Å². The molecule has 0 radical (unpaired) electrons. The van der Waals surface area contributed by atoms with Gasteiger partial charge in [0.25, 0.3) is 0 Å². The van der Waals surface area contributed by atoms with Crippen LogP contribution in [-0.2, 0) is 9.59 Å². The molecule has 0 rings (SSSR count). The number of unbranched alkanes of at least 4 members (excludes halogenated alkanes) is 13. The Morgan fingerprint density at radius 1 is 0.667 bits per heavy atom. The first-order valence-corrected chi connectivity index (χ1v) is 9.98. The molecule has 0 aliphatic carbocycles. The molecule has 0 aliphatic heterocycles. The molecule has 0 amide bonds. The molecule has 0 aliphatic rings. The summed E-state index contributed by atoms with van der Waals surface area (Å²) in [5.41, 5.74) is 0. The average molecular weight is 404 g/mol. The van der Waals surface area contributed by atoms with E-state index in [9.17, 15) is 19.8 Å². The van der Waals surface area contributed by atoms with Crippen LogP contribution < -0.4 is 69.3 Å². The molecule has 150 valence electrons. The molecule has 0 saturated carbocycles. The van der Waals surface area contributed by atoms with E-state index in [-0.39, 0.29) is 64.6 Å². The molecule has 0 fully saturated rings. The van der Waals surface area contributed by atoms with Gasteiger partial charge in [0, 0.05) is 17.9 Å². The Balaban J connectivity index is -0.000000882. The van der Waals surface area contributed by atoms with Crippen LogP contribution in [0.1, 0.15) is 110 Å². The largest absolute Gasteiger partial charge is 1.00 e. The van der Waals surface area contributed by atoms with Gasteiger partial charge in [-0.3, -0.25) is 0 Å². The van der Waals surface area contributed by atoms with Crippen molar-refractivity contribution >= 4 is 11.9 Å². The fraction of sp³-hybridized carbons (Fsp3) is 0.900. The van der Waals surface area contributed by atoms with Gasteiger partial charge in [-0.15, -0.1) is 0 Å². The van der Waals surface area contributed by atoms with Gasteiger partial charge in [0.2, 0.25) is 0 Å². The van der Waals surface area contributed by atoms with Crippen molar-refractivity contribution in [3.8, 4) is 0 Å². The number of carboxylic acid groups (broad SMARTS) is 2. The Kier molecular flexibility index (Phi) is 35.2. The maximum Gasteiger partial charge on any atom is 1.00 e. The minimum absolute atomic E-state index is 0. The number of carboxylic acids is 2. The second-order valence-corrected chi connectivity index (χ2v) is 6.98. The second-order valence-electron chi connectivity index (χ2n) is 6.98. The number of carbonyl (C=O) groups is 2. The van der Waals surface area contributed by atoms with Gasteiger partial charge in [-0.2, -0.15) is 0 Å². The van der Waals surface area contributed by atoms with Gasteiger partial charge < -0.3 is 25.3 Å². The summed E-state index contributed by atoms with van der Waals surface area (Å²) in [6, 6.07) is 0. The summed E-state index contributed by atoms with van der Waals surface area (Å²) in [5, 5.41) is 21.3. The summed E-state index contributed by atoms with van der Waals surface area (Å²) in [4.78, 5) is 21.3. The van der Waals surface area contributed by atoms with Crippen LogP contribution in [0.25, 0.3) is 0 Å². The summed E-state index contributed by atoms with van der Waals surface area (Å²) >= 11 is 0. The molecule has 0 saturated heterocycles. The van der Waals surface area contributed by atoms with Gasteiger partial charge in [0.1, 0.15) is 0 Å². The molecule has 0 aromatic carbocycles. The zero-order valence-electron chi connectivity index (χ0n) is 18.0. The molecule has 2 N–H and O–H groups in total. The molecular formula is C20H38Na2O5. The molecule has 1 unspecified atom stereocenters. The third-order valence-electron chi connectivity index (χ3n) is 4.65. The molecule has 27 heavy (non-hydrogen) atoms. The quantitative estimate of drug-likeness (QED) is 0.175. The molecule has 0 aromatic rings. The van der Waals surface area contributed by atoms with Crippen LogP contribution in [0.3, 0.4) is 0 Å². The number of hydrogen-bond donors (Lipinski definition) is 0. The van der Waals surface area contributed by atoms with Crippen molar-refractivity contribution in [1.82, 2.24) is 0 Å². The van der Waals surface area contributed by atoms with Gasteiger partial charge in [-0.05, 0) is 12.8 Å². The van der Waals surface area contributed by atoms with Crippen LogP contribution in [0.5, 0.6) is 0 Å². The van der Waals surface area contributed by atoms with Crippen LogP contribution >= 0.6 is 0 Å². The van der Waals surface area contributed by atoms with Crippen molar-refractivity contribution < 1.29 is 84.4 Å². The van der Waals surface area contributed by atoms with E-state index in [4.69, 9.17) is 0 Å². The summed E-state index contributed by atoms with van der Waals surface area (Å²) in [6.07, 6.45) is 17.4.